The molecule has 1 saturated carbocycles. The predicted octanol–water partition coefficient (Wildman–Crippen LogP) is 3.75. The molecule has 1 aliphatic carbocycles. The van der Waals surface area contributed by atoms with Crippen molar-refractivity contribution in [3.05, 3.63) is 12.3 Å². The zero-order valence-electron chi connectivity index (χ0n) is 16.3. The summed E-state index contributed by atoms with van der Waals surface area (Å²) in [5, 5.41) is 3.92. The summed E-state index contributed by atoms with van der Waals surface area (Å²) in [7, 11) is 0. The fraction of sp³-hybridized carbons (Fsp3) is 0.750. The molecule has 0 bridgehead atoms. The second kappa shape index (κ2) is 9.07. The first-order chi connectivity index (χ1) is 12.5. The zero-order valence-corrected chi connectivity index (χ0v) is 17.1. The Morgan fingerprint density at radius 1 is 1.23 bits per heavy atom. The maximum Gasteiger partial charge on any atom is 0.230 e. The number of carbonyl (C=O) groups excluding carboxylic acids is 1. The maximum atomic E-state index is 12.4. The number of thioether (sulfide) groups is 1. The van der Waals surface area contributed by atoms with E-state index in [1.807, 2.05) is 12.3 Å². The highest BCUT2D eigenvalue weighted by molar-refractivity contribution is 7.99. The molecule has 0 spiro atoms. The molecule has 2 heterocycles. The Kier molecular flexibility index (Phi) is 6.79. The van der Waals surface area contributed by atoms with Crippen molar-refractivity contribution in [3.63, 3.8) is 0 Å². The van der Waals surface area contributed by atoms with Crippen molar-refractivity contribution < 1.29 is 4.79 Å². The smallest absolute Gasteiger partial charge is 0.230 e. The molecule has 3 rings (SSSR count). The van der Waals surface area contributed by atoms with Gasteiger partial charge in [-0.15, -0.1) is 0 Å². The van der Waals surface area contributed by atoms with Gasteiger partial charge in [0.15, 0.2) is 5.16 Å². The predicted molar refractivity (Wildman–Crippen MR) is 107 cm³/mol. The van der Waals surface area contributed by atoms with Crippen LogP contribution in [0.15, 0.2) is 17.4 Å². The molecule has 1 amide bonds. The van der Waals surface area contributed by atoms with Crippen molar-refractivity contribution in [1.29, 1.82) is 0 Å². The number of aromatic nitrogens is 2. The molecule has 5 nitrogen and oxygen atoms in total. The van der Waals surface area contributed by atoms with Crippen molar-refractivity contribution in [2.45, 2.75) is 64.1 Å². The monoisotopic (exact) mass is 376 g/mol. The van der Waals surface area contributed by atoms with Gasteiger partial charge >= 0.3 is 0 Å². The highest BCUT2D eigenvalue weighted by atomic mass is 32.2. The maximum absolute atomic E-state index is 12.4. The Labute approximate surface area is 161 Å². The first kappa shape index (κ1) is 19.5. The van der Waals surface area contributed by atoms with E-state index in [1.54, 1.807) is 0 Å². The first-order valence-electron chi connectivity index (χ1n) is 10.0. The van der Waals surface area contributed by atoms with Gasteiger partial charge in [0.05, 0.1) is 5.75 Å². The molecule has 1 aromatic heterocycles. The number of nitrogens with one attached hydrogen (secondary N) is 1. The summed E-state index contributed by atoms with van der Waals surface area (Å²) in [5.41, 5.74) is 0. The van der Waals surface area contributed by atoms with E-state index < -0.39 is 0 Å². The lowest BCUT2D eigenvalue weighted by Gasteiger charge is -2.34. The van der Waals surface area contributed by atoms with Gasteiger partial charge in [-0.25, -0.2) is 9.97 Å². The first-order valence-corrected chi connectivity index (χ1v) is 11.0. The van der Waals surface area contributed by atoms with Crippen LogP contribution in [0.3, 0.4) is 0 Å². The fourth-order valence-electron chi connectivity index (χ4n) is 3.98. The van der Waals surface area contributed by atoms with Crippen LogP contribution in [0.4, 0.5) is 5.82 Å². The normalized spacial score (nSPS) is 27.3. The summed E-state index contributed by atoms with van der Waals surface area (Å²) >= 11 is 1.44. The lowest BCUT2D eigenvalue weighted by molar-refractivity contribution is -0.120. The summed E-state index contributed by atoms with van der Waals surface area (Å²) in [6, 6.07) is 2.29. The van der Waals surface area contributed by atoms with Crippen LogP contribution in [-0.4, -0.2) is 40.8 Å². The quantitative estimate of drug-likeness (QED) is 0.626. The van der Waals surface area contributed by atoms with Crippen molar-refractivity contribution in [3.8, 4) is 0 Å². The van der Waals surface area contributed by atoms with E-state index >= 15 is 0 Å². The molecular formula is C20H32N4OS. The third-order valence-corrected chi connectivity index (χ3v) is 6.97. The lowest BCUT2D eigenvalue weighted by atomic mass is 9.78. The van der Waals surface area contributed by atoms with Crippen molar-refractivity contribution >= 4 is 23.5 Å². The van der Waals surface area contributed by atoms with E-state index in [-0.39, 0.29) is 5.91 Å². The number of anilines is 1. The molecule has 1 N–H and O–H groups in total. The van der Waals surface area contributed by atoms with E-state index in [1.165, 1.54) is 37.4 Å². The average molecular weight is 377 g/mol. The van der Waals surface area contributed by atoms with Crippen molar-refractivity contribution in [2.24, 2.45) is 17.8 Å². The molecule has 6 heteroatoms. The van der Waals surface area contributed by atoms with Gasteiger partial charge in [-0.1, -0.05) is 45.4 Å². The topological polar surface area (TPSA) is 58.1 Å². The number of piperidine rings is 1. The molecule has 3 atom stereocenters. The van der Waals surface area contributed by atoms with Gasteiger partial charge in [0.2, 0.25) is 5.91 Å². The third kappa shape index (κ3) is 5.12. The molecule has 2 aliphatic rings. The molecule has 2 fully saturated rings. The average Bonchev–Trinajstić information content (AvgIpc) is 2.65. The van der Waals surface area contributed by atoms with Gasteiger partial charge in [-0.3, -0.25) is 4.79 Å². The summed E-state index contributed by atoms with van der Waals surface area (Å²) < 4.78 is 0. The molecule has 0 radical (unpaired) electrons. The largest absolute Gasteiger partial charge is 0.356 e. The molecular weight excluding hydrogens is 344 g/mol. The molecule has 144 valence electrons. The summed E-state index contributed by atoms with van der Waals surface area (Å²) in [5.74, 6) is 3.52. The van der Waals surface area contributed by atoms with Crippen LogP contribution in [0.5, 0.6) is 0 Å². The van der Waals surface area contributed by atoms with Gasteiger partial charge in [0.1, 0.15) is 5.82 Å². The number of rotatable bonds is 5. The second-order valence-electron chi connectivity index (χ2n) is 8.10. The number of nitrogens with zero attached hydrogens (tertiary/aromatic N) is 3. The van der Waals surface area contributed by atoms with Crippen LogP contribution < -0.4 is 10.2 Å². The molecule has 3 unspecified atom stereocenters. The van der Waals surface area contributed by atoms with Crippen molar-refractivity contribution in [1.82, 2.24) is 15.3 Å². The van der Waals surface area contributed by atoms with E-state index in [9.17, 15) is 4.79 Å². The molecule has 0 aromatic carbocycles. The van der Waals surface area contributed by atoms with E-state index in [4.69, 9.17) is 0 Å². The summed E-state index contributed by atoms with van der Waals surface area (Å²) in [4.78, 5) is 23.7. The van der Waals surface area contributed by atoms with Gasteiger partial charge in [0.25, 0.3) is 0 Å². The molecule has 26 heavy (non-hydrogen) atoms. The Bertz CT molecular complexity index is 603. The molecule has 1 aliphatic heterocycles. The van der Waals surface area contributed by atoms with Crippen LogP contribution in [0.25, 0.3) is 0 Å². The van der Waals surface area contributed by atoms with Crippen LogP contribution in [0.2, 0.25) is 0 Å². The van der Waals surface area contributed by atoms with Gasteiger partial charge in [0, 0.05) is 25.3 Å². The lowest BCUT2D eigenvalue weighted by Crippen LogP contribution is -2.44. The van der Waals surface area contributed by atoms with Crippen LogP contribution in [0, 0.1) is 17.8 Å². The Morgan fingerprint density at radius 3 is 2.77 bits per heavy atom. The zero-order chi connectivity index (χ0) is 18.5. The fourth-order valence-corrected chi connectivity index (χ4v) is 4.62. The molecule has 1 saturated heterocycles. The van der Waals surface area contributed by atoms with Gasteiger partial charge < -0.3 is 10.2 Å². The number of hydrogen-bond donors (Lipinski definition) is 1. The SMILES string of the molecule is CC1CCN(c2ccnc(SCC(=O)NC3CCCC(C)C3C)n2)CC1. The van der Waals surface area contributed by atoms with Crippen molar-refractivity contribution in [2.75, 3.05) is 23.7 Å². The second-order valence-corrected chi connectivity index (χ2v) is 9.04. The Balaban J connectivity index is 1.50. The minimum absolute atomic E-state index is 0.0988. The number of amides is 1. The van der Waals surface area contributed by atoms with Crippen LogP contribution in [0.1, 0.15) is 52.9 Å². The van der Waals surface area contributed by atoms with Crippen LogP contribution >= 0.6 is 11.8 Å². The van der Waals surface area contributed by atoms with Crippen LogP contribution in [-0.2, 0) is 4.79 Å². The Morgan fingerprint density at radius 2 is 2.00 bits per heavy atom. The highest BCUT2D eigenvalue weighted by Gasteiger charge is 2.28. The van der Waals surface area contributed by atoms with E-state index in [0.717, 1.165) is 31.2 Å². The van der Waals surface area contributed by atoms with Gasteiger partial charge in [-0.05, 0) is 43.1 Å². The summed E-state index contributed by atoms with van der Waals surface area (Å²) in [6.45, 7) is 8.97. The number of carbonyl (C=O) groups is 1. The van der Waals surface area contributed by atoms with E-state index in [2.05, 4.69) is 41.0 Å². The number of hydrogen-bond acceptors (Lipinski definition) is 5. The highest BCUT2D eigenvalue weighted by Crippen LogP contribution is 2.29. The Hall–Kier alpha value is -1.30. The third-order valence-electron chi connectivity index (χ3n) is 6.11. The van der Waals surface area contributed by atoms with E-state index in [0.29, 0.717) is 28.8 Å². The molecule has 1 aromatic rings. The standard InChI is InChI=1S/C20H32N4OS/c1-14-8-11-24(12-9-14)18-7-10-21-20(23-18)26-13-19(25)22-17-6-4-5-15(2)16(17)3/h7,10,14-17H,4-6,8-9,11-13H2,1-3H3,(H,22,25). The minimum Gasteiger partial charge on any atom is -0.356 e. The minimum atomic E-state index is 0.0988. The van der Waals surface area contributed by atoms with Gasteiger partial charge in [-0.2, -0.15) is 0 Å². The summed E-state index contributed by atoms with van der Waals surface area (Å²) in [6.07, 6.45) is 7.83.